The number of likely N-dealkylation sites (tertiary alicyclic amines) is 1. The third-order valence-corrected chi connectivity index (χ3v) is 4.11. The summed E-state index contributed by atoms with van der Waals surface area (Å²) < 4.78 is 0. The molecule has 1 aromatic carbocycles. The lowest BCUT2D eigenvalue weighted by molar-refractivity contribution is -0.111. The quantitative estimate of drug-likeness (QED) is 0.581. The maximum atomic E-state index is 12.9. The van der Waals surface area contributed by atoms with Crippen LogP contribution in [0.1, 0.15) is 40.9 Å². The van der Waals surface area contributed by atoms with Gasteiger partial charge in [0.05, 0.1) is 11.6 Å². The molecule has 0 spiro atoms. The van der Waals surface area contributed by atoms with E-state index in [1.54, 1.807) is 11.8 Å². The number of aromatic amines is 1. The van der Waals surface area contributed by atoms with Crippen LogP contribution in [0, 0.1) is 6.92 Å². The van der Waals surface area contributed by atoms with Crippen molar-refractivity contribution in [3.63, 3.8) is 0 Å². The molecule has 25 heavy (non-hydrogen) atoms. The van der Waals surface area contributed by atoms with Crippen molar-refractivity contribution >= 4 is 17.5 Å². The summed E-state index contributed by atoms with van der Waals surface area (Å²) in [5.74, 6) is 0.403. The second kappa shape index (κ2) is 6.76. The minimum absolute atomic E-state index is 0.126. The van der Waals surface area contributed by atoms with Crippen LogP contribution in [0.15, 0.2) is 30.9 Å². The Morgan fingerprint density at radius 3 is 2.96 bits per heavy atom. The molecule has 2 amide bonds. The van der Waals surface area contributed by atoms with Gasteiger partial charge in [0.1, 0.15) is 11.6 Å². The number of nitrogens with zero attached hydrogens (tertiary/aromatic N) is 3. The fourth-order valence-electron chi connectivity index (χ4n) is 2.92. The number of aryl methyl sites for hydroxylation is 1. The van der Waals surface area contributed by atoms with Crippen molar-refractivity contribution in [2.75, 3.05) is 11.9 Å². The van der Waals surface area contributed by atoms with E-state index in [0.29, 0.717) is 23.9 Å². The zero-order valence-electron chi connectivity index (χ0n) is 13.8. The summed E-state index contributed by atoms with van der Waals surface area (Å²) in [4.78, 5) is 30.3. The number of aromatic nitrogens is 3. The summed E-state index contributed by atoms with van der Waals surface area (Å²) in [7, 11) is 0. The Hall–Kier alpha value is -3.16. The number of nitrogens with one attached hydrogen (secondary N) is 2. The Balaban J connectivity index is 1.87. The summed E-state index contributed by atoms with van der Waals surface area (Å²) in [5, 5.41) is 19.6. The zero-order chi connectivity index (χ0) is 18.0. The van der Waals surface area contributed by atoms with Gasteiger partial charge in [-0.15, -0.1) is 0 Å². The molecule has 1 aromatic heterocycles. The number of amides is 2. The van der Waals surface area contributed by atoms with Crippen molar-refractivity contribution in [3.05, 3.63) is 48.1 Å². The maximum absolute atomic E-state index is 12.9. The van der Waals surface area contributed by atoms with Gasteiger partial charge in [0.15, 0.2) is 5.82 Å². The first kappa shape index (κ1) is 16.7. The average Bonchev–Trinajstić information content (AvgIpc) is 3.24. The van der Waals surface area contributed by atoms with Gasteiger partial charge >= 0.3 is 0 Å². The molecule has 1 aliphatic heterocycles. The van der Waals surface area contributed by atoms with E-state index in [0.717, 1.165) is 18.9 Å². The molecule has 8 nitrogen and oxygen atoms in total. The number of hydrogen-bond donors (Lipinski definition) is 3. The van der Waals surface area contributed by atoms with Crippen molar-refractivity contribution in [2.45, 2.75) is 25.8 Å². The second-order valence-corrected chi connectivity index (χ2v) is 5.86. The van der Waals surface area contributed by atoms with Crippen LogP contribution in [0.5, 0.6) is 5.75 Å². The zero-order valence-corrected chi connectivity index (χ0v) is 13.8. The standard InChI is InChI=1S/C17H19N5O3/c1-3-15(24)19-11-6-7-14(23)12(9-11)17(25)22-8-4-5-13(22)16-18-10(2)20-21-16/h3,6-7,9,13,23H,1,4-5,8H2,2H3,(H,19,24)(H,18,20,21)/t13-/m1/s1. The van der Waals surface area contributed by atoms with Gasteiger partial charge in [0.25, 0.3) is 5.91 Å². The monoisotopic (exact) mass is 341 g/mol. The van der Waals surface area contributed by atoms with Gasteiger partial charge in [-0.3, -0.25) is 14.7 Å². The summed E-state index contributed by atoms with van der Waals surface area (Å²) in [6.45, 7) is 5.74. The van der Waals surface area contributed by atoms with Gasteiger partial charge in [0, 0.05) is 12.2 Å². The molecule has 0 bridgehead atoms. The lowest BCUT2D eigenvalue weighted by Crippen LogP contribution is -2.31. The number of H-pyrrole nitrogens is 1. The molecule has 0 aliphatic carbocycles. The van der Waals surface area contributed by atoms with E-state index in [-0.39, 0.29) is 29.2 Å². The predicted octanol–water partition coefficient (Wildman–Crippen LogP) is 1.92. The second-order valence-electron chi connectivity index (χ2n) is 5.86. The number of phenolic OH excluding ortho intramolecular Hbond substituents is 1. The summed E-state index contributed by atoms with van der Waals surface area (Å²) in [6.07, 6.45) is 2.73. The Morgan fingerprint density at radius 1 is 1.48 bits per heavy atom. The van der Waals surface area contributed by atoms with Crippen LogP contribution in [0.2, 0.25) is 0 Å². The molecule has 2 aromatic rings. The number of rotatable bonds is 4. The molecule has 1 fully saturated rings. The highest BCUT2D eigenvalue weighted by Crippen LogP contribution is 2.33. The van der Waals surface area contributed by atoms with E-state index in [2.05, 4.69) is 27.1 Å². The van der Waals surface area contributed by atoms with E-state index >= 15 is 0 Å². The van der Waals surface area contributed by atoms with Crippen LogP contribution >= 0.6 is 0 Å². The number of aromatic hydroxyl groups is 1. The van der Waals surface area contributed by atoms with Gasteiger partial charge in [-0.05, 0) is 44.0 Å². The Morgan fingerprint density at radius 2 is 2.28 bits per heavy atom. The first-order valence-corrected chi connectivity index (χ1v) is 7.96. The third kappa shape index (κ3) is 3.37. The predicted molar refractivity (Wildman–Crippen MR) is 91.1 cm³/mol. The SMILES string of the molecule is C=CC(=O)Nc1ccc(O)c(C(=O)N2CCC[C@@H]2c2n[nH]c(C)n2)c1. The van der Waals surface area contributed by atoms with Crippen LogP contribution in [-0.4, -0.2) is 43.5 Å². The summed E-state index contributed by atoms with van der Waals surface area (Å²) in [5.41, 5.74) is 0.538. The minimum atomic E-state index is -0.390. The molecule has 1 saturated heterocycles. The normalized spacial score (nSPS) is 16.7. The molecule has 1 atom stereocenters. The molecule has 130 valence electrons. The van der Waals surface area contributed by atoms with Crippen molar-refractivity contribution in [1.82, 2.24) is 20.1 Å². The lowest BCUT2D eigenvalue weighted by Gasteiger charge is -2.23. The van der Waals surface area contributed by atoms with Gasteiger partial charge < -0.3 is 15.3 Å². The van der Waals surface area contributed by atoms with Crippen molar-refractivity contribution < 1.29 is 14.7 Å². The van der Waals surface area contributed by atoms with Crippen LogP contribution in [-0.2, 0) is 4.79 Å². The molecule has 1 aliphatic rings. The molecule has 2 heterocycles. The highest BCUT2D eigenvalue weighted by Gasteiger charge is 2.34. The number of carbonyl (C=O) groups is 2. The van der Waals surface area contributed by atoms with Crippen LogP contribution in [0.3, 0.4) is 0 Å². The fraction of sp³-hybridized carbons (Fsp3) is 0.294. The number of anilines is 1. The van der Waals surface area contributed by atoms with E-state index in [1.807, 2.05) is 0 Å². The highest BCUT2D eigenvalue weighted by atomic mass is 16.3. The van der Waals surface area contributed by atoms with Gasteiger partial charge in [0.2, 0.25) is 5.91 Å². The molecule has 3 rings (SSSR count). The first-order valence-electron chi connectivity index (χ1n) is 7.96. The van der Waals surface area contributed by atoms with Gasteiger partial charge in [-0.2, -0.15) is 5.10 Å². The van der Waals surface area contributed by atoms with Crippen LogP contribution < -0.4 is 5.32 Å². The maximum Gasteiger partial charge on any atom is 0.258 e. The first-order chi connectivity index (χ1) is 12.0. The van der Waals surface area contributed by atoms with E-state index in [9.17, 15) is 14.7 Å². The Kier molecular flexibility index (Phi) is 4.51. The molecule has 0 radical (unpaired) electrons. The van der Waals surface area contributed by atoms with Crippen molar-refractivity contribution in [3.8, 4) is 5.75 Å². The number of hydrogen-bond acceptors (Lipinski definition) is 5. The highest BCUT2D eigenvalue weighted by molar-refractivity contribution is 6.02. The molecule has 8 heteroatoms. The van der Waals surface area contributed by atoms with E-state index < -0.39 is 0 Å². The number of phenols is 1. The van der Waals surface area contributed by atoms with Gasteiger partial charge in [-0.25, -0.2) is 4.98 Å². The molecule has 0 saturated carbocycles. The molecule has 3 N–H and O–H groups in total. The largest absolute Gasteiger partial charge is 0.507 e. The molecule has 0 unspecified atom stereocenters. The number of benzene rings is 1. The fourth-order valence-corrected chi connectivity index (χ4v) is 2.92. The lowest BCUT2D eigenvalue weighted by atomic mass is 10.1. The molecular weight excluding hydrogens is 322 g/mol. The summed E-state index contributed by atoms with van der Waals surface area (Å²) >= 11 is 0. The van der Waals surface area contributed by atoms with Crippen molar-refractivity contribution in [1.29, 1.82) is 0 Å². The Labute approximate surface area is 144 Å². The summed E-state index contributed by atoms with van der Waals surface area (Å²) in [6, 6.07) is 4.13. The Bertz CT molecular complexity index is 829. The number of carbonyl (C=O) groups excluding carboxylic acids is 2. The van der Waals surface area contributed by atoms with Crippen LogP contribution in [0.25, 0.3) is 0 Å². The van der Waals surface area contributed by atoms with E-state index in [4.69, 9.17) is 0 Å². The average molecular weight is 341 g/mol. The van der Waals surface area contributed by atoms with Crippen LogP contribution in [0.4, 0.5) is 5.69 Å². The topological polar surface area (TPSA) is 111 Å². The van der Waals surface area contributed by atoms with E-state index in [1.165, 1.54) is 18.2 Å². The minimum Gasteiger partial charge on any atom is -0.507 e. The van der Waals surface area contributed by atoms with Crippen molar-refractivity contribution in [2.24, 2.45) is 0 Å². The van der Waals surface area contributed by atoms with Gasteiger partial charge in [-0.1, -0.05) is 6.58 Å². The smallest absolute Gasteiger partial charge is 0.258 e. The third-order valence-electron chi connectivity index (χ3n) is 4.11. The molecular formula is C17H19N5O3.